The SMILES string of the molecule is CCNc1nc(Nc2ccc(-n3cnc(Cl)c3)c(OC)c2)nc2c1CN(C)CC2c1ccccc1. The predicted octanol–water partition coefficient (Wildman–Crippen LogP) is 5.08. The molecule has 1 atom stereocenters. The molecule has 2 N–H and O–H groups in total. The highest BCUT2D eigenvalue weighted by Crippen LogP contribution is 2.36. The van der Waals surface area contributed by atoms with Crippen LogP contribution in [0.4, 0.5) is 17.5 Å². The second kappa shape index (κ2) is 9.93. The molecular weight excluding hydrogens is 462 g/mol. The number of benzene rings is 2. The molecule has 4 aromatic rings. The van der Waals surface area contributed by atoms with Crippen LogP contribution >= 0.6 is 11.6 Å². The van der Waals surface area contributed by atoms with Gasteiger partial charge in [0.25, 0.3) is 0 Å². The van der Waals surface area contributed by atoms with Gasteiger partial charge in [0.05, 0.1) is 18.5 Å². The summed E-state index contributed by atoms with van der Waals surface area (Å²) in [6.45, 7) is 4.56. The smallest absolute Gasteiger partial charge is 0.229 e. The molecule has 9 heteroatoms. The molecule has 0 aliphatic carbocycles. The molecule has 0 amide bonds. The van der Waals surface area contributed by atoms with Crippen molar-refractivity contribution in [1.82, 2.24) is 24.4 Å². The second-order valence-corrected chi connectivity index (χ2v) is 8.95. The average Bonchev–Trinajstić information content (AvgIpc) is 3.30. The van der Waals surface area contributed by atoms with Gasteiger partial charge >= 0.3 is 0 Å². The summed E-state index contributed by atoms with van der Waals surface area (Å²) in [5, 5.41) is 7.26. The van der Waals surface area contributed by atoms with Crippen LogP contribution in [0.25, 0.3) is 5.69 Å². The summed E-state index contributed by atoms with van der Waals surface area (Å²) >= 11 is 6.00. The van der Waals surface area contributed by atoms with Crippen LogP contribution in [0.2, 0.25) is 5.15 Å². The van der Waals surface area contributed by atoms with Crippen molar-refractivity contribution in [2.24, 2.45) is 0 Å². The standard InChI is InChI=1S/C26H28ClN7O/c1-4-28-25-20-14-33(2)13-19(17-8-6-5-7-9-17)24(20)31-26(32-25)30-18-10-11-21(22(12-18)35-3)34-15-23(27)29-16-34/h5-12,15-16,19H,4,13-14H2,1-3H3,(H2,28,30,31,32). The zero-order chi connectivity index (χ0) is 24.4. The third kappa shape index (κ3) is 4.80. The van der Waals surface area contributed by atoms with E-state index >= 15 is 0 Å². The molecule has 35 heavy (non-hydrogen) atoms. The minimum atomic E-state index is 0.161. The minimum absolute atomic E-state index is 0.161. The summed E-state index contributed by atoms with van der Waals surface area (Å²) in [5.74, 6) is 2.25. The summed E-state index contributed by atoms with van der Waals surface area (Å²) in [5.41, 5.74) is 5.11. The highest BCUT2D eigenvalue weighted by atomic mass is 35.5. The number of halogens is 1. The van der Waals surface area contributed by atoms with E-state index in [0.29, 0.717) is 16.9 Å². The quantitative estimate of drug-likeness (QED) is 0.375. The molecule has 0 radical (unpaired) electrons. The number of nitrogens with one attached hydrogen (secondary N) is 2. The van der Waals surface area contributed by atoms with Crippen LogP contribution in [0, 0.1) is 0 Å². The van der Waals surface area contributed by atoms with Crippen LogP contribution in [-0.4, -0.2) is 51.7 Å². The van der Waals surface area contributed by atoms with Crippen molar-refractivity contribution in [3.8, 4) is 11.4 Å². The van der Waals surface area contributed by atoms with Crippen molar-refractivity contribution in [2.45, 2.75) is 19.4 Å². The molecule has 3 heterocycles. The fraction of sp³-hybridized carbons (Fsp3) is 0.269. The number of anilines is 3. The molecule has 1 aliphatic heterocycles. The number of fused-ring (bicyclic) bond motifs is 1. The van der Waals surface area contributed by atoms with E-state index in [-0.39, 0.29) is 5.92 Å². The Morgan fingerprint density at radius 3 is 2.69 bits per heavy atom. The van der Waals surface area contributed by atoms with Crippen LogP contribution in [0.1, 0.15) is 29.7 Å². The summed E-state index contributed by atoms with van der Waals surface area (Å²) in [4.78, 5) is 16.3. The van der Waals surface area contributed by atoms with Crippen molar-refractivity contribution >= 4 is 29.1 Å². The van der Waals surface area contributed by atoms with Crippen LogP contribution in [0.3, 0.4) is 0 Å². The average molecular weight is 490 g/mol. The first-order chi connectivity index (χ1) is 17.1. The number of hydrogen-bond acceptors (Lipinski definition) is 7. The Hall–Kier alpha value is -3.62. The van der Waals surface area contributed by atoms with E-state index < -0.39 is 0 Å². The van der Waals surface area contributed by atoms with Gasteiger partial charge in [0.1, 0.15) is 23.0 Å². The molecule has 0 saturated carbocycles. The molecule has 0 spiro atoms. The summed E-state index contributed by atoms with van der Waals surface area (Å²) < 4.78 is 7.46. The molecule has 8 nitrogen and oxygen atoms in total. The van der Waals surface area contributed by atoms with Crippen molar-refractivity contribution in [3.05, 3.63) is 83.0 Å². The highest BCUT2D eigenvalue weighted by molar-refractivity contribution is 6.29. The van der Waals surface area contributed by atoms with Crippen LogP contribution in [-0.2, 0) is 6.54 Å². The first kappa shape index (κ1) is 23.1. The van der Waals surface area contributed by atoms with Crippen molar-refractivity contribution in [3.63, 3.8) is 0 Å². The molecule has 2 aromatic heterocycles. The Bertz CT molecular complexity index is 1320. The third-order valence-corrected chi connectivity index (χ3v) is 6.30. The van der Waals surface area contributed by atoms with Gasteiger partial charge in [-0.05, 0) is 31.7 Å². The van der Waals surface area contributed by atoms with E-state index in [1.807, 2.05) is 28.8 Å². The number of imidazole rings is 1. The Kier molecular flexibility index (Phi) is 6.57. The van der Waals surface area contributed by atoms with E-state index in [0.717, 1.165) is 48.1 Å². The van der Waals surface area contributed by atoms with E-state index in [1.54, 1.807) is 19.6 Å². The normalized spacial score (nSPS) is 15.5. The second-order valence-electron chi connectivity index (χ2n) is 8.57. The Morgan fingerprint density at radius 1 is 1.14 bits per heavy atom. The molecule has 0 fully saturated rings. The Morgan fingerprint density at radius 2 is 1.97 bits per heavy atom. The first-order valence-electron chi connectivity index (χ1n) is 11.6. The van der Waals surface area contributed by atoms with E-state index in [1.165, 1.54) is 5.56 Å². The van der Waals surface area contributed by atoms with Gasteiger partial charge < -0.3 is 24.8 Å². The van der Waals surface area contributed by atoms with Gasteiger partial charge in [0, 0.05) is 49.1 Å². The largest absolute Gasteiger partial charge is 0.494 e. The number of rotatable bonds is 7. The fourth-order valence-electron chi connectivity index (χ4n) is 4.52. The molecule has 5 rings (SSSR count). The molecule has 1 aliphatic rings. The van der Waals surface area contributed by atoms with E-state index in [9.17, 15) is 0 Å². The van der Waals surface area contributed by atoms with Crippen LogP contribution in [0.5, 0.6) is 5.75 Å². The molecule has 0 saturated heterocycles. The number of nitrogens with zero attached hydrogens (tertiary/aromatic N) is 5. The zero-order valence-electron chi connectivity index (χ0n) is 20.0. The van der Waals surface area contributed by atoms with Gasteiger partial charge in [-0.3, -0.25) is 0 Å². The van der Waals surface area contributed by atoms with Crippen LogP contribution < -0.4 is 15.4 Å². The lowest BCUT2D eigenvalue weighted by Gasteiger charge is -2.33. The number of ether oxygens (including phenoxy) is 1. The topological polar surface area (TPSA) is 80.1 Å². The van der Waals surface area contributed by atoms with Crippen molar-refractivity contribution in [2.75, 3.05) is 37.9 Å². The summed E-state index contributed by atoms with van der Waals surface area (Å²) in [7, 11) is 3.78. The maximum Gasteiger partial charge on any atom is 0.229 e. The minimum Gasteiger partial charge on any atom is -0.494 e. The lowest BCUT2D eigenvalue weighted by atomic mass is 9.89. The van der Waals surface area contributed by atoms with Crippen molar-refractivity contribution < 1.29 is 4.74 Å². The summed E-state index contributed by atoms with van der Waals surface area (Å²) in [6.07, 6.45) is 3.39. The lowest BCUT2D eigenvalue weighted by Crippen LogP contribution is -2.33. The third-order valence-electron chi connectivity index (χ3n) is 6.10. The van der Waals surface area contributed by atoms with Gasteiger partial charge in [-0.15, -0.1) is 0 Å². The lowest BCUT2D eigenvalue weighted by molar-refractivity contribution is 0.292. The number of likely N-dealkylation sites (N-methyl/N-ethyl adjacent to an activating group) is 1. The summed E-state index contributed by atoms with van der Waals surface area (Å²) in [6, 6.07) is 16.4. The Balaban J connectivity index is 1.53. The van der Waals surface area contributed by atoms with Gasteiger partial charge in [-0.1, -0.05) is 41.9 Å². The van der Waals surface area contributed by atoms with Gasteiger partial charge in [-0.2, -0.15) is 4.98 Å². The molecule has 1 unspecified atom stereocenters. The fourth-order valence-corrected chi connectivity index (χ4v) is 4.67. The van der Waals surface area contributed by atoms with Gasteiger partial charge in [0.15, 0.2) is 0 Å². The van der Waals surface area contributed by atoms with E-state index in [2.05, 4.69) is 58.8 Å². The zero-order valence-corrected chi connectivity index (χ0v) is 20.8. The monoisotopic (exact) mass is 489 g/mol. The number of aromatic nitrogens is 4. The molecule has 0 bridgehead atoms. The Labute approximate surface area is 210 Å². The number of hydrogen-bond donors (Lipinski definition) is 2. The molecular formula is C26H28ClN7O. The van der Waals surface area contributed by atoms with Crippen molar-refractivity contribution in [1.29, 1.82) is 0 Å². The van der Waals surface area contributed by atoms with Gasteiger partial charge in [0.2, 0.25) is 5.95 Å². The molecule has 2 aromatic carbocycles. The first-order valence-corrected chi connectivity index (χ1v) is 12.0. The number of methoxy groups -OCH3 is 1. The van der Waals surface area contributed by atoms with Gasteiger partial charge in [-0.25, -0.2) is 9.97 Å². The maximum absolute atomic E-state index is 6.00. The van der Waals surface area contributed by atoms with Crippen LogP contribution in [0.15, 0.2) is 61.1 Å². The maximum atomic E-state index is 6.00. The van der Waals surface area contributed by atoms with E-state index in [4.69, 9.17) is 26.3 Å². The highest BCUT2D eigenvalue weighted by Gasteiger charge is 2.29. The molecule has 180 valence electrons. The predicted molar refractivity (Wildman–Crippen MR) is 139 cm³/mol.